The van der Waals surface area contributed by atoms with Gasteiger partial charge in [-0.05, 0) is 30.5 Å². The number of fused-ring (bicyclic) bond motifs is 1. The zero-order chi connectivity index (χ0) is 17.1. The first-order chi connectivity index (χ1) is 11.6. The number of pyridine rings is 1. The lowest BCUT2D eigenvalue weighted by atomic mass is 9.96. The molecule has 0 saturated heterocycles. The molecule has 4 nitrogen and oxygen atoms in total. The van der Waals surface area contributed by atoms with Gasteiger partial charge in [0.2, 0.25) is 0 Å². The highest BCUT2D eigenvalue weighted by molar-refractivity contribution is 5.40. The maximum atomic E-state index is 12.4. The minimum absolute atomic E-state index is 0.0318. The first-order valence-corrected chi connectivity index (χ1v) is 8.33. The molecule has 3 aromatic rings. The van der Waals surface area contributed by atoms with Crippen LogP contribution in [0.2, 0.25) is 0 Å². The van der Waals surface area contributed by atoms with Crippen molar-refractivity contribution in [2.24, 2.45) is 5.92 Å². The predicted molar refractivity (Wildman–Crippen MR) is 97.1 cm³/mol. The lowest BCUT2D eigenvalue weighted by molar-refractivity contribution is 0.408. The van der Waals surface area contributed by atoms with Gasteiger partial charge in [-0.25, -0.2) is 4.98 Å². The molecule has 1 N–H and O–H groups in total. The van der Waals surface area contributed by atoms with Gasteiger partial charge in [-0.1, -0.05) is 50.2 Å². The summed E-state index contributed by atoms with van der Waals surface area (Å²) < 4.78 is 1.64. The van der Waals surface area contributed by atoms with Gasteiger partial charge in [-0.2, -0.15) is 0 Å². The molecule has 2 heterocycles. The van der Waals surface area contributed by atoms with Gasteiger partial charge < -0.3 is 5.32 Å². The van der Waals surface area contributed by atoms with Gasteiger partial charge in [0, 0.05) is 24.3 Å². The summed E-state index contributed by atoms with van der Waals surface area (Å²) in [6, 6.07) is 17.9. The Balaban J connectivity index is 1.86. The van der Waals surface area contributed by atoms with E-state index in [1.54, 1.807) is 10.5 Å². The number of benzene rings is 1. The number of hydrogen-bond acceptors (Lipinski definition) is 3. The Bertz CT molecular complexity index is 884. The molecule has 0 radical (unpaired) electrons. The van der Waals surface area contributed by atoms with Crippen LogP contribution in [0.4, 0.5) is 0 Å². The first-order valence-electron chi connectivity index (χ1n) is 8.33. The molecule has 124 valence electrons. The van der Waals surface area contributed by atoms with Crippen molar-refractivity contribution >= 4 is 5.65 Å². The molecular formula is C20H23N3O. The lowest BCUT2D eigenvalue weighted by Gasteiger charge is -2.23. The second-order valence-electron chi connectivity index (χ2n) is 6.46. The highest BCUT2D eigenvalue weighted by Crippen LogP contribution is 2.21. The van der Waals surface area contributed by atoms with Crippen LogP contribution in [0.25, 0.3) is 5.65 Å². The van der Waals surface area contributed by atoms with Crippen LogP contribution in [0.5, 0.6) is 0 Å². The maximum absolute atomic E-state index is 12.4. The number of aryl methyl sites for hydroxylation is 1. The van der Waals surface area contributed by atoms with Crippen LogP contribution in [0.15, 0.2) is 59.4 Å². The van der Waals surface area contributed by atoms with Gasteiger partial charge in [0.25, 0.3) is 5.56 Å². The summed E-state index contributed by atoms with van der Waals surface area (Å²) in [5.41, 5.74) is 3.58. The summed E-state index contributed by atoms with van der Waals surface area (Å²) in [7, 11) is 0. The molecule has 1 aromatic carbocycles. The number of aromatic nitrogens is 2. The predicted octanol–water partition coefficient (Wildman–Crippen LogP) is 3.49. The van der Waals surface area contributed by atoms with Crippen LogP contribution in [0.1, 0.15) is 36.8 Å². The Labute approximate surface area is 142 Å². The van der Waals surface area contributed by atoms with Crippen molar-refractivity contribution in [1.82, 2.24) is 14.7 Å². The van der Waals surface area contributed by atoms with Crippen molar-refractivity contribution in [3.05, 3.63) is 81.9 Å². The second-order valence-corrected chi connectivity index (χ2v) is 6.46. The number of hydrogen-bond donors (Lipinski definition) is 1. The van der Waals surface area contributed by atoms with Gasteiger partial charge >= 0.3 is 0 Å². The second kappa shape index (κ2) is 6.97. The minimum atomic E-state index is -0.0318. The van der Waals surface area contributed by atoms with E-state index in [-0.39, 0.29) is 11.6 Å². The van der Waals surface area contributed by atoms with E-state index >= 15 is 0 Å². The van der Waals surface area contributed by atoms with Crippen LogP contribution < -0.4 is 10.9 Å². The van der Waals surface area contributed by atoms with Crippen LogP contribution in [0, 0.1) is 12.8 Å². The third-order valence-corrected chi connectivity index (χ3v) is 4.26. The van der Waals surface area contributed by atoms with Crippen molar-refractivity contribution in [3.63, 3.8) is 0 Å². The molecule has 0 amide bonds. The molecule has 0 bridgehead atoms. The Morgan fingerprint density at radius 1 is 1.08 bits per heavy atom. The maximum Gasteiger partial charge on any atom is 0.258 e. The lowest BCUT2D eigenvalue weighted by Crippen LogP contribution is -2.27. The molecule has 24 heavy (non-hydrogen) atoms. The van der Waals surface area contributed by atoms with Gasteiger partial charge in [-0.15, -0.1) is 0 Å². The fourth-order valence-electron chi connectivity index (χ4n) is 3.07. The standard InChI is InChI=1S/C20H23N3O/c1-14(2)20(16-9-5-4-6-10-16)21-13-17-12-19(24)23-15(3)8-7-11-18(23)22-17/h4-12,14,20-21H,13H2,1-3H3/t20-/m1/s1. The van der Waals surface area contributed by atoms with Gasteiger partial charge in [0.05, 0.1) is 5.69 Å². The van der Waals surface area contributed by atoms with Gasteiger partial charge in [0.1, 0.15) is 5.65 Å². The zero-order valence-corrected chi connectivity index (χ0v) is 14.4. The molecule has 4 heteroatoms. The molecule has 1 atom stereocenters. The van der Waals surface area contributed by atoms with Crippen LogP contribution >= 0.6 is 0 Å². The summed E-state index contributed by atoms with van der Waals surface area (Å²) >= 11 is 0. The van der Waals surface area contributed by atoms with Gasteiger partial charge in [-0.3, -0.25) is 9.20 Å². The number of rotatable bonds is 5. The summed E-state index contributed by atoms with van der Waals surface area (Å²) in [5.74, 6) is 0.441. The molecule has 0 spiro atoms. The Kier molecular flexibility index (Phi) is 4.76. The number of nitrogens with zero attached hydrogens (tertiary/aromatic N) is 2. The first kappa shape index (κ1) is 16.4. The van der Waals surface area contributed by atoms with E-state index < -0.39 is 0 Å². The molecule has 2 aromatic heterocycles. The molecule has 0 unspecified atom stereocenters. The highest BCUT2D eigenvalue weighted by Gasteiger charge is 2.15. The summed E-state index contributed by atoms with van der Waals surface area (Å²) in [5, 5.41) is 3.55. The Hall–Kier alpha value is -2.46. The molecule has 0 aliphatic carbocycles. The van der Waals surface area contributed by atoms with E-state index in [9.17, 15) is 4.79 Å². The molecular weight excluding hydrogens is 298 g/mol. The smallest absolute Gasteiger partial charge is 0.258 e. The molecule has 0 saturated carbocycles. The summed E-state index contributed by atoms with van der Waals surface area (Å²) in [6.45, 7) is 6.86. The third-order valence-electron chi connectivity index (χ3n) is 4.26. The van der Waals surface area contributed by atoms with Crippen LogP contribution in [-0.4, -0.2) is 9.38 Å². The molecule has 3 rings (SSSR count). The van der Waals surface area contributed by atoms with Crippen molar-refractivity contribution in [2.75, 3.05) is 0 Å². The molecule has 0 fully saturated rings. The summed E-state index contributed by atoms with van der Waals surface area (Å²) in [4.78, 5) is 17.0. The number of nitrogens with one attached hydrogen (secondary N) is 1. The van der Waals surface area contributed by atoms with Crippen molar-refractivity contribution in [1.29, 1.82) is 0 Å². The van der Waals surface area contributed by atoms with E-state index in [1.807, 2.05) is 31.2 Å². The van der Waals surface area contributed by atoms with E-state index in [4.69, 9.17) is 0 Å². The zero-order valence-electron chi connectivity index (χ0n) is 14.4. The van der Waals surface area contributed by atoms with Gasteiger partial charge in [0.15, 0.2) is 0 Å². The monoisotopic (exact) mass is 321 g/mol. The van der Waals surface area contributed by atoms with E-state index in [1.165, 1.54) is 5.56 Å². The Morgan fingerprint density at radius 2 is 1.83 bits per heavy atom. The van der Waals surface area contributed by atoms with Crippen LogP contribution in [0.3, 0.4) is 0 Å². The largest absolute Gasteiger partial charge is 0.304 e. The Morgan fingerprint density at radius 3 is 2.54 bits per heavy atom. The highest BCUT2D eigenvalue weighted by atomic mass is 16.1. The minimum Gasteiger partial charge on any atom is -0.304 e. The third kappa shape index (κ3) is 3.39. The quantitative estimate of drug-likeness (QED) is 0.782. The average molecular weight is 321 g/mol. The van der Waals surface area contributed by atoms with Crippen molar-refractivity contribution < 1.29 is 0 Å². The van der Waals surface area contributed by atoms with Crippen molar-refractivity contribution in [3.8, 4) is 0 Å². The molecule has 0 aliphatic heterocycles. The van der Waals surface area contributed by atoms with Crippen LogP contribution in [-0.2, 0) is 6.54 Å². The van der Waals surface area contributed by atoms with E-state index in [0.717, 1.165) is 11.4 Å². The average Bonchev–Trinajstić information content (AvgIpc) is 2.55. The normalized spacial score (nSPS) is 12.7. The topological polar surface area (TPSA) is 46.4 Å². The van der Waals surface area contributed by atoms with E-state index in [0.29, 0.717) is 18.1 Å². The molecule has 0 aliphatic rings. The summed E-state index contributed by atoms with van der Waals surface area (Å²) in [6.07, 6.45) is 0. The SMILES string of the molecule is Cc1cccc2nc(CN[C@@H](c3ccccc3)C(C)C)cc(=O)n12. The fourth-order valence-corrected chi connectivity index (χ4v) is 3.07. The van der Waals surface area contributed by atoms with E-state index in [2.05, 4.69) is 48.4 Å². The van der Waals surface area contributed by atoms with Crippen molar-refractivity contribution in [2.45, 2.75) is 33.4 Å². The fraction of sp³-hybridized carbons (Fsp3) is 0.300.